The zero-order chi connectivity index (χ0) is 19.0. The molecule has 0 aromatic rings. The molecule has 5 aliphatic rings. The minimum atomic E-state index is -0.154. The molecule has 3 nitrogen and oxygen atoms in total. The topological polar surface area (TPSA) is 40.5 Å². The number of aliphatic hydroxyl groups is 1. The van der Waals surface area contributed by atoms with Gasteiger partial charge in [-0.2, -0.15) is 0 Å². The van der Waals surface area contributed by atoms with Gasteiger partial charge in [-0.25, -0.2) is 0 Å². The molecule has 4 heteroatoms. The van der Waals surface area contributed by atoms with Crippen molar-refractivity contribution in [3.63, 3.8) is 0 Å². The molecule has 0 radical (unpaired) electrons. The van der Waals surface area contributed by atoms with Crippen molar-refractivity contribution in [1.82, 2.24) is 4.90 Å². The van der Waals surface area contributed by atoms with Gasteiger partial charge in [-0.05, 0) is 72.0 Å². The minimum absolute atomic E-state index is 0.0771. The quantitative estimate of drug-likeness (QED) is 0.669. The highest BCUT2D eigenvalue weighted by atomic mass is 32.2. The maximum Gasteiger partial charge on any atom is 0.156 e. The summed E-state index contributed by atoms with van der Waals surface area (Å²) in [6.45, 7) is 7.25. The smallest absolute Gasteiger partial charge is 0.156 e. The second-order valence-electron chi connectivity index (χ2n) is 10.4. The first-order chi connectivity index (χ1) is 12.8. The van der Waals surface area contributed by atoms with Crippen LogP contribution in [0.3, 0.4) is 0 Å². The average Bonchev–Trinajstić information content (AvgIpc) is 3.21. The number of allylic oxidation sites excluding steroid dienone is 1. The second kappa shape index (κ2) is 6.13. The van der Waals surface area contributed by atoms with E-state index in [1.165, 1.54) is 18.4 Å². The monoisotopic (exact) mass is 387 g/mol. The van der Waals surface area contributed by atoms with Crippen LogP contribution < -0.4 is 0 Å². The third-order valence-corrected chi connectivity index (χ3v) is 9.86. The van der Waals surface area contributed by atoms with Crippen molar-refractivity contribution in [1.29, 1.82) is 0 Å². The van der Waals surface area contributed by atoms with Gasteiger partial charge in [0.1, 0.15) is 0 Å². The lowest BCUT2D eigenvalue weighted by Crippen LogP contribution is -2.55. The van der Waals surface area contributed by atoms with Crippen molar-refractivity contribution in [3.8, 4) is 0 Å². The van der Waals surface area contributed by atoms with Gasteiger partial charge in [0.05, 0.1) is 18.0 Å². The van der Waals surface area contributed by atoms with Crippen molar-refractivity contribution >= 4 is 17.5 Å². The van der Waals surface area contributed by atoms with Gasteiger partial charge >= 0.3 is 0 Å². The Balaban J connectivity index is 1.52. The van der Waals surface area contributed by atoms with Crippen LogP contribution in [0.25, 0.3) is 0 Å². The molecule has 1 heterocycles. The number of aliphatic hydroxyl groups excluding tert-OH is 1. The molecule has 3 saturated carbocycles. The number of carbonyl (C=O) groups excluding carboxylic acids is 1. The van der Waals surface area contributed by atoms with Crippen molar-refractivity contribution in [2.24, 2.45) is 34.5 Å². The molecular formula is C23H33NO2S. The van der Waals surface area contributed by atoms with Crippen LogP contribution in [0.1, 0.15) is 59.3 Å². The van der Waals surface area contributed by atoms with Crippen LogP contribution in [-0.2, 0) is 4.79 Å². The SMILES string of the molecule is CC1C=C2CC(O)CC[C@]2(C)[C@@H]2CC[C@]3(C)C(N4C=CSC4)C(=O)C[C@H]3[C@H]12. The summed E-state index contributed by atoms with van der Waals surface area (Å²) in [5.41, 5.74) is 1.86. The molecule has 4 aliphatic carbocycles. The van der Waals surface area contributed by atoms with Crippen molar-refractivity contribution in [2.45, 2.75) is 71.4 Å². The van der Waals surface area contributed by atoms with Crippen LogP contribution >= 0.6 is 11.8 Å². The highest BCUT2D eigenvalue weighted by Crippen LogP contribution is 2.66. The van der Waals surface area contributed by atoms with Gasteiger partial charge in [-0.3, -0.25) is 4.79 Å². The fourth-order valence-electron chi connectivity index (χ4n) is 7.79. The number of fused-ring (bicyclic) bond motifs is 5. The van der Waals surface area contributed by atoms with E-state index in [4.69, 9.17) is 0 Å². The highest BCUT2D eigenvalue weighted by Gasteiger charge is 2.63. The third-order valence-electron chi connectivity index (χ3n) is 9.10. The van der Waals surface area contributed by atoms with Crippen molar-refractivity contribution in [2.75, 3.05) is 5.88 Å². The van der Waals surface area contributed by atoms with Gasteiger partial charge in [0.25, 0.3) is 0 Å². The van der Waals surface area contributed by atoms with E-state index in [0.717, 1.165) is 31.6 Å². The zero-order valence-corrected chi connectivity index (χ0v) is 17.7. The first kappa shape index (κ1) is 18.3. The zero-order valence-electron chi connectivity index (χ0n) is 16.9. The summed E-state index contributed by atoms with van der Waals surface area (Å²) >= 11 is 1.81. The Labute approximate surface area is 167 Å². The molecule has 1 N–H and O–H groups in total. The molecule has 0 bridgehead atoms. The van der Waals surface area contributed by atoms with E-state index in [-0.39, 0.29) is 23.0 Å². The predicted molar refractivity (Wildman–Crippen MR) is 110 cm³/mol. The van der Waals surface area contributed by atoms with Crippen molar-refractivity contribution < 1.29 is 9.90 Å². The number of hydrogen-bond donors (Lipinski definition) is 1. The Morgan fingerprint density at radius 3 is 2.74 bits per heavy atom. The summed E-state index contributed by atoms with van der Waals surface area (Å²) in [5, 5.41) is 12.4. The van der Waals surface area contributed by atoms with Crippen LogP contribution in [-0.4, -0.2) is 33.8 Å². The molecule has 0 saturated heterocycles. The average molecular weight is 388 g/mol. The molecule has 0 aromatic heterocycles. The molecule has 0 spiro atoms. The molecule has 8 atom stereocenters. The summed E-state index contributed by atoms with van der Waals surface area (Å²) in [4.78, 5) is 15.5. The maximum atomic E-state index is 13.2. The normalized spacial score (nSPS) is 51.6. The van der Waals surface area contributed by atoms with E-state index in [1.54, 1.807) is 11.8 Å². The molecule has 5 rings (SSSR count). The van der Waals surface area contributed by atoms with Gasteiger partial charge in [0.2, 0.25) is 0 Å². The van der Waals surface area contributed by atoms with Gasteiger partial charge < -0.3 is 10.0 Å². The number of thioether (sulfide) groups is 1. The number of rotatable bonds is 1. The third kappa shape index (κ3) is 2.48. The molecule has 148 valence electrons. The largest absolute Gasteiger partial charge is 0.393 e. The fourth-order valence-corrected chi connectivity index (χ4v) is 8.53. The van der Waals surface area contributed by atoms with E-state index in [1.807, 2.05) is 0 Å². The highest BCUT2D eigenvalue weighted by molar-refractivity contribution is 8.02. The Morgan fingerprint density at radius 2 is 2.00 bits per heavy atom. The number of Topliss-reactive ketones (excluding diaryl/α,β-unsaturated/α-hetero) is 1. The van der Waals surface area contributed by atoms with Crippen molar-refractivity contribution in [3.05, 3.63) is 23.3 Å². The first-order valence-electron chi connectivity index (χ1n) is 10.8. The summed E-state index contributed by atoms with van der Waals surface area (Å²) in [6, 6.07) is 0.0771. The molecule has 0 aromatic carbocycles. The lowest BCUT2D eigenvalue weighted by atomic mass is 9.46. The standard InChI is InChI=1S/C23H33NO2S/c1-14-10-15-11-16(25)4-6-22(15,2)17-5-7-23(3)18(20(14)17)12-19(26)21(23)24-8-9-27-13-24/h8-10,14,16-18,20-21,25H,4-7,11-13H2,1-3H3/t14?,16?,17-,18+,20-,21?,22+,23+/m1/s1. The Hall–Kier alpha value is -0.740. The van der Waals surface area contributed by atoms with E-state index >= 15 is 0 Å². The number of hydrogen-bond acceptors (Lipinski definition) is 4. The Bertz CT molecular complexity index is 717. The molecule has 3 fully saturated rings. The van der Waals surface area contributed by atoms with E-state index in [0.29, 0.717) is 29.5 Å². The van der Waals surface area contributed by atoms with E-state index in [2.05, 4.69) is 43.4 Å². The van der Waals surface area contributed by atoms with E-state index in [9.17, 15) is 9.90 Å². The van der Waals surface area contributed by atoms with Gasteiger partial charge in [0.15, 0.2) is 5.78 Å². The molecule has 0 amide bonds. The Morgan fingerprint density at radius 1 is 1.19 bits per heavy atom. The molecule has 27 heavy (non-hydrogen) atoms. The fraction of sp³-hybridized carbons (Fsp3) is 0.783. The van der Waals surface area contributed by atoms with Crippen LogP contribution in [0.4, 0.5) is 0 Å². The summed E-state index contributed by atoms with van der Waals surface area (Å²) in [5.74, 6) is 3.71. The van der Waals surface area contributed by atoms with E-state index < -0.39 is 0 Å². The molecular weight excluding hydrogens is 354 g/mol. The van der Waals surface area contributed by atoms with Gasteiger partial charge in [-0.1, -0.05) is 32.4 Å². The van der Waals surface area contributed by atoms with Gasteiger partial charge in [0, 0.05) is 12.6 Å². The lowest BCUT2D eigenvalue weighted by molar-refractivity contribution is -0.122. The Kier molecular flexibility index (Phi) is 4.15. The van der Waals surface area contributed by atoms with Crippen LogP contribution in [0.15, 0.2) is 23.3 Å². The lowest BCUT2D eigenvalue weighted by Gasteiger charge is -2.59. The summed E-state index contributed by atoms with van der Waals surface area (Å²) in [7, 11) is 0. The predicted octanol–water partition coefficient (Wildman–Crippen LogP) is 4.58. The van der Waals surface area contributed by atoms with Crippen LogP contribution in [0.5, 0.6) is 0 Å². The molecule has 1 aliphatic heterocycles. The van der Waals surface area contributed by atoms with Gasteiger partial charge in [-0.15, -0.1) is 11.8 Å². The second-order valence-corrected chi connectivity index (χ2v) is 11.2. The van der Waals surface area contributed by atoms with Crippen LogP contribution in [0.2, 0.25) is 0 Å². The summed E-state index contributed by atoms with van der Waals surface area (Å²) < 4.78 is 0. The number of carbonyl (C=O) groups is 1. The molecule has 3 unspecified atom stereocenters. The summed E-state index contributed by atoms with van der Waals surface area (Å²) in [6.07, 6.45) is 10.6. The number of nitrogens with zero attached hydrogens (tertiary/aromatic N) is 1. The maximum absolute atomic E-state index is 13.2. The minimum Gasteiger partial charge on any atom is -0.393 e. The first-order valence-corrected chi connectivity index (χ1v) is 11.9. The number of ketones is 1. The van der Waals surface area contributed by atoms with Crippen LogP contribution in [0, 0.1) is 34.5 Å².